The van der Waals surface area contributed by atoms with Crippen LogP contribution in [0.2, 0.25) is 0 Å². The molecule has 0 spiro atoms. The van der Waals surface area contributed by atoms with Crippen molar-refractivity contribution < 1.29 is 4.79 Å². The zero-order chi connectivity index (χ0) is 12.0. The Kier molecular flexibility index (Phi) is 5.19. The van der Waals surface area contributed by atoms with Crippen LogP contribution in [0.1, 0.15) is 37.8 Å². The summed E-state index contributed by atoms with van der Waals surface area (Å²) in [6.45, 7) is 9.84. The minimum absolute atomic E-state index is 0.138. The van der Waals surface area contributed by atoms with Crippen molar-refractivity contribution in [1.82, 2.24) is 14.5 Å². The summed E-state index contributed by atoms with van der Waals surface area (Å²) >= 11 is 0. The molecule has 0 atom stereocenters. The Morgan fingerprint density at radius 1 is 1.38 bits per heavy atom. The Morgan fingerprint density at radius 3 is 2.62 bits per heavy atom. The Morgan fingerprint density at radius 2 is 2.06 bits per heavy atom. The maximum absolute atomic E-state index is 11.9. The van der Waals surface area contributed by atoms with Crippen molar-refractivity contribution in [3.63, 3.8) is 0 Å². The van der Waals surface area contributed by atoms with Gasteiger partial charge in [0.2, 0.25) is 0 Å². The van der Waals surface area contributed by atoms with Crippen molar-refractivity contribution in [2.45, 2.75) is 33.7 Å². The number of ketones is 1. The number of carbonyl (C=O) groups is 1. The van der Waals surface area contributed by atoms with Crippen molar-refractivity contribution in [2.24, 2.45) is 0 Å². The van der Waals surface area contributed by atoms with E-state index in [0.29, 0.717) is 12.2 Å². The number of imidazole rings is 1. The van der Waals surface area contributed by atoms with Crippen molar-refractivity contribution in [3.8, 4) is 0 Å². The Labute approximate surface area is 97.3 Å². The smallest absolute Gasteiger partial charge is 0.199 e. The highest BCUT2D eigenvalue weighted by Crippen LogP contribution is 2.03. The Bertz CT molecular complexity index is 329. The second kappa shape index (κ2) is 6.43. The first-order valence-corrected chi connectivity index (χ1v) is 5.99. The number of hydrogen-bond donors (Lipinski definition) is 0. The van der Waals surface area contributed by atoms with Crippen LogP contribution in [-0.4, -0.2) is 39.9 Å². The molecule has 0 aliphatic rings. The summed E-state index contributed by atoms with van der Waals surface area (Å²) < 4.78 is 1.89. The van der Waals surface area contributed by atoms with Crippen LogP contribution in [0.5, 0.6) is 0 Å². The van der Waals surface area contributed by atoms with E-state index in [2.05, 4.69) is 23.7 Å². The molecule has 0 unspecified atom stereocenters. The first kappa shape index (κ1) is 12.9. The third kappa shape index (κ3) is 3.17. The Hall–Kier alpha value is -1.16. The van der Waals surface area contributed by atoms with Gasteiger partial charge in [-0.15, -0.1) is 0 Å². The Balaban J connectivity index is 2.52. The maximum Gasteiger partial charge on any atom is 0.199 e. The normalized spacial score (nSPS) is 11.0. The second-order valence-electron chi connectivity index (χ2n) is 3.74. The monoisotopic (exact) mass is 223 g/mol. The average Bonchev–Trinajstić information content (AvgIpc) is 2.78. The van der Waals surface area contributed by atoms with Crippen molar-refractivity contribution in [3.05, 3.63) is 18.2 Å². The van der Waals surface area contributed by atoms with E-state index in [1.54, 1.807) is 6.20 Å². The van der Waals surface area contributed by atoms with E-state index >= 15 is 0 Å². The van der Waals surface area contributed by atoms with Gasteiger partial charge in [0.25, 0.3) is 0 Å². The fourth-order valence-corrected chi connectivity index (χ4v) is 1.73. The minimum Gasteiger partial charge on any atom is -0.329 e. The topological polar surface area (TPSA) is 38.1 Å². The molecule has 4 nitrogen and oxygen atoms in total. The summed E-state index contributed by atoms with van der Waals surface area (Å²) in [7, 11) is 0. The van der Waals surface area contributed by atoms with Gasteiger partial charge in [0.1, 0.15) is 0 Å². The summed E-state index contributed by atoms with van der Waals surface area (Å²) in [5.41, 5.74) is 0. The SMILES string of the molecule is CCN(CC)CCC(=O)c1nccn1CC. The predicted octanol–water partition coefficient (Wildman–Crippen LogP) is 1.82. The van der Waals surface area contributed by atoms with E-state index in [-0.39, 0.29) is 5.78 Å². The molecule has 1 aromatic heterocycles. The second-order valence-corrected chi connectivity index (χ2v) is 3.74. The molecule has 0 bridgehead atoms. The van der Waals surface area contributed by atoms with Gasteiger partial charge in [-0.3, -0.25) is 4.79 Å². The van der Waals surface area contributed by atoms with Gasteiger partial charge >= 0.3 is 0 Å². The molecule has 1 rings (SSSR count). The van der Waals surface area contributed by atoms with E-state index < -0.39 is 0 Å². The van der Waals surface area contributed by atoms with Gasteiger partial charge in [0.15, 0.2) is 11.6 Å². The molecule has 0 saturated heterocycles. The lowest BCUT2D eigenvalue weighted by Crippen LogP contribution is -2.26. The average molecular weight is 223 g/mol. The molecule has 16 heavy (non-hydrogen) atoms. The van der Waals surface area contributed by atoms with Crippen molar-refractivity contribution >= 4 is 5.78 Å². The molecule has 0 radical (unpaired) electrons. The first-order valence-electron chi connectivity index (χ1n) is 5.99. The molecule has 4 heteroatoms. The number of hydrogen-bond acceptors (Lipinski definition) is 3. The van der Waals surface area contributed by atoms with E-state index in [9.17, 15) is 4.79 Å². The van der Waals surface area contributed by atoms with Gasteiger partial charge in [-0.2, -0.15) is 0 Å². The molecule has 90 valence electrons. The van der Waals surface area contributed by atoms with Gasteiger partial charge < -0.3 is 9.47 Å². The fourth-order valence-electron chi connectivity index (χ4n) is 1.73. The molecule has 1 aromatic rings. The lowest BCUT2D eigenvalue weighted by molar-refractivity contribution is 0.0952. The third-order valence-corrected chi connectivity index (χ3v) is 2.86. The number of Topliss-reactive ketones (excluding diaryl/α,β-unsaturated/α-hetero) is 1. The van der Waals surface area contributed by atoms with Crippen LogP contribution in [0.3, 0.4) is 0 Å². The number of carbonyl (C=O) groups excluding carboxylic acids is 1. The van der Waals surface area contributed by atoms with Crippen LogP contribution >= 0.6 is 0 Å². The van der Waals surface area contributed by atoms with Crippen LogP contribution in [0.15, 0.2) is 12.4 Å². The quantitative estimate of drug-likeness (QED) is 0.662. The van der Waals surface area contributed by atoms with Crippen LogP contribution in [0.25, 0.3) is 0 Å². The molecule has 0 saturated carbocycles. The van der Waals surface area contributed by atoms with E-state index in [0.717, 1.165) is 26.2 Å². The van der Waals surface area contributed by atoms with Crippen molar-refractivity contribution in [1.29, 1.82) is 0 Å². The lowest BCUT2D eigenvalue weighted by Gasteiger charge is -2.16. The van der Waals surface area contributed by atoms with Gasteiger partial charge in [0.05, 0.1) is 0 Å². The number of rotatable bonds is 7. The highest BCUT2D eigenvalue weighted by Gasteiger charge is 2.12. The molecular weight excluding hydrogens is 202 g/mol. The fraction of sp³-hybridized carbons (Fsp3) is 0.667. The zero-order valence-electron chi connectivity index (χ0n) is 10.4. The summed E-state index contributed by atoms with van der Waals surface area (Å²) in [4.78, 5) is 18.3. The van der Waals surface area contributed by atoms with Crippen LogP contribution < -0.4 is 0 Å². The molecule has 0 amide bonds. The molecule has 0 aliphatic carbocycles. The zero-order valence-corrected chi connectivity index (χ0v) is 10.4. The summed E-state index contributed by atoms with van der Waals surface area (Å²) in [5.74, 6) is 0.730. The van der Waals surface area contributed by atoms with Crippen molar-refractivity contribution in [2.75, 3.05) is 19.6 Å². The van der Waals surface area contributed by atoms with E-state index in [1.165, 1.54) is 0 Å². The molecule has 0 N–H and O–H groups in total. The number of aromatic nitrogens is 2. The summed E-state index contributed by atoms with van der Waals surface area (Å²) in [6.07, 6.45) is 4.09. The minimum atomic E-state index is 0.138. The summed E-state index contributed by atoms with van der Waals surface area (Å²) in [5, 5.41) is 0. The van der Waals surface area contributed by atoms with Gasteiger partial charge in [-0.25, -0.2) is 4.98 Å². The predicted molar refractivity (Wildman–Crippen MR) is 64.6 cm³/mol. The van der Waals surface area contributed by atoms with E-state index in [4.69, 9.17) is 0 Å². The van der Waals surface area contributed by atoms with Crippen LogP contribution in [0, 0.1) is 0 Å². The first-order chi connectivity index (χ1) is 7.72. The maximum atomic E-state index is 11.9. The standard InChI is InChI=1S/C12H21N3O/c1-4-14(5-2)9-7-11(16)12-13-8-10-15(12)6-3/h8,10H,4-7,9H2,1-3H3. The largest absolute Gasteiger partial charge is 0.329 e. The lowest BCUT2D eigenvalue weighted by atomic mass is 10.2. The summed E-state index contributed by atoms with van der Waals surface area (Å²) in [6, 6.07) is 0. The molecule has 0 fully saturated rings. The van der Waals surface area contributed by atoms with Crippen LogP contribution in [-0.2, 0) is 6.54 Å². The molecule has 1 heterocycles. The third-order valence-electron chi connectivity index (χ3n) is 2.86. The van der Waals surface area contributed by atoms with Crippen LogP contribution in [0.4, 0.5) is 0 Å². The van der Waals surface area contributed by atoms with E-state index in [1.807, 2.05) is 17.7 Å². The van der Waals surface area contributed by atoms with Gasteiger partial charge in [0, 0.05) is 31.9 Å². The number of nitrogens with zero attached hydrogens (tertiary/aromatic N) is 3. The highest BCUT2D eigenvalue weighted by atomic mass is 16.1. The van der Waals surface area contributed by atoms with Gasteiger partial charge in [-0.1, -0.05) is 13.8 Å². The molecular formula is C12H21N3O. The molecule has 0 aromatic carbocycles. The number of aryl methyl sites for hydroxylation is 1. The molecule has 0 aliphatic heterocycles. The highest BCUT2D eigenvalue weighted by molar-refractivity contribution is 5.92. The van der Waals surface area contributed by atoms with Gasteiger partial charge in [-0.05, 0) is 20.0 Å².